The summed E-state index contributed by atoms with van der Waals surface area (Å²) in [5.41, 5.74) is -0.240. The molecule has 7 heteroatoms. The molecule has 1 aromatic rings. The lowest BCUT2D eigenvalue weighted by Gasteiger charge is -2.10. The van der Waals surface area contributed by atoms with Crippen molar-refractivity contribution in [1.29, 1.82) is 5.26 Å². The lowest BCUT2D eigenvalue weighted by Crippen LogP contribution is -2.24. The molecule has 2 heterocycles. The van der Waals surface area contributed by atoms with Crippen LogP contribution in [0.15, 0.2) is 9.95 Å². The zero-order valence-corrected chi connectivity index (χ0v) is 9.50. The third-order valence-corrected chi connectivity index (χ3v) is 3.24. The summed E-state index contributed by atoms with van der Waals surface area (Å²) in [5, 5.41) is 15.3. The molecule has 0 unspecified atom stereocenters. The Morgan fingerprint density at radius 2 is 2.62 bits per heavy atom. The van der Waals surface area contributed by atoms with Gasteiger partial charge in [0, 0.05) is 6.61 Å². The van der Waals surface area contributed by atoms with Crippen molar-refractivity contribution in [1.82, 2.24) is 14.8 Å². The molecule has 1 fully saturated rings. The number of nitrogens with zero attached hydrogens (tertiary/aromatic N) is 3. The summed E-state index contributed by atoms with van der Waals surface area (Å²) in [5.74, 6) is 0.288. The minimum atomic E-state index is -0.240. The predicted molar refractivity (Wildman–Crippen MR) is 58.2 cm³/mol. The minimum Gasteiger partial charge on any atom is -0.376 e. The van der Waals surface area contributed by atoms with Crippen molar-refractivity contribution in [3.05, 3.63) is 10.5 Å². The van der Waals surface area contributed by atoms with Gasteiger partial charge in [-0.1, -0.05) is 11.8 Å². The number of thioether (sulfide) groups is 1. The monoisotopic (exact) mass is 240 g/mol. The van der Waals surface area contributed by atoms with Crippen molar-refractivity contribution in [3.63, 3.8) is 0 Å². The van der Waals surface area contributed by atoms with Crippen LogP contribution in [0.4, 0.5) is 0 Å². The molecule has 1 N–H and O–H groups in total. The van der Waals surface area contributed by atoms with Gasteiger partial charge in [-0.2, -0.15) is 5.26 Å². The first-order chi connectivity index (χ1) is 7.81. The van der Waals surface area contributed by atoms with Gasteiger partial charge in [-0.3, -0.25) is 4.57 Å². The Kier molecular flexibility index (Phi) is 3.64. The van der Waals surface area contributed by atoms with Gasteiger partial charge in [0.25, 0.3) is 0 Å². The van der Waals surface area contributed by atoms with E-state index in [1.165, 1.54) is 16.3 Å². The van der Waals surface area contributed by atoms with Gasteiger partial charge in [-0.25, -0.2) is 9.89 Å². The maximum Gasteiger partial charge on any atom is 0.344 e. The molecule has 0 saturated carbocycles. The second-order valence-electron chi connectivity index (χ2n) is 3.50. The zero-order chi connectivity index (χ0) is 11.4. The van der Waals surface area contributed by atoms with Crippen LogP contribution in [0.1, 0.15) is 12.8 Å². The van der Waals surface area contributed by atoms with Crippen LogP contribution in [0.3, 0.4) is 0 Å². The summed E-state index contributed by atoms with van der Waals surface area (Å²) in [6.45, 7) is 1.28. The van der Waals surface area contributed by atoms with Crippen molar-refractivity contribution in [2.24, 2.45) is 0 Å². The van der Waals surface area contributed by atoms with Gasteiger partial charge in [-0.05, 0) is 12.8 Å². The number of H-pyrrole nitrogens is 1. The van der Waals surface area contributed by atoms with Gasteiger partial charge in [0.2, 0.25) is 0 Å². The van der Waals surface area contributed by atoms with E-state index in [9.17, 15) is 4.79 Å². The molecule has 1 aliphatic rings. The average Bonchev–Trinajstić information content (AvgIpc) is 2.89. The van der Waals surface area contributed by atoms with Crippen LogP contribution in [-0.2, 0) is 11.3 Å². The van der Waals surface area contributed by atoms with E-state index >= 15 is 0 Å². The Morgan fingerprint density at radius 1 is 1.75 bits per heavy atom. The number of ether oxygens (including phenoxy) is 1. The van der Waals surface area contributed by atoms with E-state index in [0.29, 0.717) is 11.7 Å². The summed E-state index contributed by atoms with van der Waals surface area (Å²) < 4.78 is 7.00. The van der Waals surface area contributed by atoms with Crippen molar-refractivity contribution >= 4 is 11.8 Å². The number of hydrogen-bond donors (Lipinski definition) is 1. The number of nitrogens with one attached hydrogen (secondary N) is 1. The third-order valence-electron chi connectivity index (χ3n) is 2.40. The molecule has 6 nitrogen and oxygen atoms in total. The largest absolute Gasteiger partial charge is 0.376 e. The van der Waals surface area contributed by atoms with Gasteiger partial charge in [0.15, 0.2) is 5.16 Å². The number of rotatable bonds is 4. The van der Waals surface area contributed by atoms with Crippen molar-refractivity contribution in [3.8, 4) is 6.07 Å². The van der Waals surface area contributed by atoms with Gasteiger partial charge in [0.1, 0.15) is 0 Å². The fourth-order valence-electron chi connectivity index (χ4n) is 1.66. The van der Waals surface area contributed by atoms with Crippen LogP contribution >= 0.6 is 11.8 Å². The molecule has 1 atom stereocenters. The first kappa shape index (κ1) is 11.2. The Bertz CT molecular complexity index is 441. The molecule has 0 amide bonds. The Labute approximate surface area is 96.6 Å². The van der Waals surface area contributed by atoms with Crippen LogP contribution in [0.2, 0.25) is 0 Å². The smallest absolute Gasteiger partial charge is 0.344 e. The van der Waals surface area contributed by atoms with E-state index < -0.39 is 0 Å². The maximum atomic E-state index is 11.5. The third kappa shape index (κ3) is 2.46. The molecule has 0 aromatic carbocycles. The van der Waals surface area contributed by atoms with E-state index in [1.54, 1.807) is 0 Å². The van der Waals surface area contributed by atoms with Crippen LogP contribution in [0, 0.1) is 11.3 Å². The minimum absolute atomic E-state index is 0.0942. The number of hydrogen-bond acceptors (Lipinski definition) is 5. The molecule has 0 bridgehead atoms. The summed E-state index contributed by atoms with van der Waals surface area (Å²) in [6.07, 6.45) is 2.11. The average molecular weight is 240 g/mol. The highest BCUT2D eigenvalue weighted by Crippen LogP contribution is 2.17. The fraction of sp³-hybridized carbons (Fsp3) is 0.667. The molecule has 86 valence electrons. The van der Waals surface area contributed by atoms with Crippen LogP contribution < -0.4 is 5.69 Å². The molecule has 1 saturated heterocycles. The Balaban J connectivity index is 2.08. The lowest BCUT2D eigenvalue weighted by molar-refractivity contribution is 0.0941. The molecule has 0 radical (unpaired) electrons. The summed E-state index contributed by atoms with van der Waals surface area (Å²) in [7, 11) is 0. The molecule has 1 aromatic heterocycles. The van der Waals surface area contributed by atoms with Crippen molar-refractivity contribution < 1.29 is 4.74 Å². The normalized spacial score (nSPS) is 19.8. The van der Waals surface area contributed by atoms with Crippen LogP contribution in [-0.4, -0.2) is 33.2 Å². The quantitative estimate of drug-likeness (QED) is 0.768. The highest BCUT2D eigenvalue weighted by Gasteiger charge is 2.19. The second-order valence-corrected chi connectivity index (χ2v) is 4.45. The molecular formula is C9H12N4O2S. The first-order valence-electron chi connectivity index (χ1n) is 5.08. The summed E-state index contributed by atoms with van der Waals surface area (Å²) in [6, 6.07) is 2.01. The molecule has 1 aliphatic heterocycles. The molecule has 2 rings (SSSR count). The van der Waals surface area contributed by atoms with E-state index in [-0.39, 0.29) is 17.5 Å². The lowest BCUT2D eigenvalue weighted by atomic mass is 10.2. The Hall–Kier alpha value is -1.26. The SMILES string of the molecule is N#CCSc1n[nH]c(=O)n1C[C@@H]1CCCO1. The zero-order valence-electron chi connectivity index (χ0n) is 8.68. The second kappa shape index (κ2) is 5.18. The predicted octanol–water partition coefficient (Wildman–Crippen LogP) is 0.366. The molecule has 0 aliphatic carbocycles. The first-order valence-corrected chi connectivity index (χ1v) is 6.06. The van der Waals surface area contributed by atoms with Crippen molar-refractivity contribution in [2.75, 3.05) is 12.4 Å². The Morgan fingerprint density at radius 3 is 3.31 bits per heavy atom. The van der Waals surface area contributed by atoms with Gasteiger partial charge >= 0.3 is 5.69 Å². The topological polar surface area (TPSA) is 83.7 Å². The highest BCUT2D eigenvalue weighted by atomic mass is 32.2. The van der Waals surface area contributed by atoms with E-state index in [1.807, 2.05) is 6.07 Å². The molecule has 0 spiro atoms. The number of nitriles is 1. The summed E-state index contributed by atoms with van der Waals surface area (Å²) >= 11 is 1.26. The van der Waals surface area contributed by atoms with Crippen LogP contribution in [0.5, 0.6) is 0 Å². The number of aromatic amines is 1. The van der Waals surface area contributed by atoms with Gasteiger partial charge < -0.3 is 4.74 Å². The van der Waals surface area contributed by atoms with E-state index in [2.05, 4.69) is 10.2 Å². The number of aromatic nitrogens is 3. The van der Waals surface area contributed by atoms with Gasteiger partial charge in [0.05, 0.1) is 24.5 Å². The van der Waals surface area contributed by atoms with Crippen LogP contribution in [0.25, 0.3) is 0 Å². The molecular weight excluding hydrogens is 228 g/mol. The summed E-state index contributed by atoms with van der Waals surface area (Å²) in [4.78, 5) is 11.5. The highest BCUT2D eigenvalue weighted by molar-refractivity contribution is 7.99. The van der Waals surface area contributed by atoms with Crippen molar-refractivity contribution in [2.45, 2.75) is 30.6 Å². The molecule has 16 heavy (non-hydrogen) atoms. The van der Waals surface area contributed by atoms with Gasteiger partial charge in [-0.15, -0.1) is 5.10 Å². The van der Waals surface area contributed by atoms with E-state index in [4.69, 9.17) is 10.00 Å². The maximum absolute atomic E-state index is 11.5. The van der Waals surface area contributed by atoms with E-state index in [0.717, 1.165) is 19.4 Å². The fourth-order valence-corrected chi connectivity index (χ4v) is 2.28. The standard InChI is InChI=1S/C9H12N4O2S/c10-3-5-16-9-12-11-8(14)13(9)6-7-2-1-4-15-7/h7H,1-2,4-6H2,(H,11,14)/t7-/m0/s1.